The Morgan fingerprint density at radius 3 is 2.70 bits per heavy atom. The molecule has 5 heteroatoms. The minimum absolute atomic E-state index is 0.0872. The van der Waals surface area contributed by atoms with Crippen molar-refractivity contribution in [3.63, 3.8) is 0 Å². The number of hydrogen-bond acceptors (Lipinski definition) is 4. The molecule has 1 aliphatic carbocycles. The Morgan fingerprint density at radius 1 is 1.35 bits per heavy atom. The molecule has 1 aliphatic rings. The summed E-state index contributed by atoms with van der Waals surface area (Å²) in [7, 11) is 1.57. The largest absolute Gasteiger partial charge is 0.493 e. The second-order valence-electron chi connectivity index (χ2n) is 7.01. The van der Waals surface area contributed by atoms with Crippen LogP contribution in [0, 0.1) is 11.3 Å². The molecule has 1 fully saturated rings. The molecule has 0 heterocycles. The van der Waals surface area contributed by atoms with Crippen LogP contribution in [0.5, 0.6) is 11.5 Å². The molecule has 1 N–H and O–H groups in total. The summed E-state index contributed by atoms with van der Waals surface area (Å²) in [6.45, 7) is 6.62. The predicted molar refractivity (Wildman–Crippen MR) is 90.9 cm³/mol. The van der Waals surface area contributed by atoms with Gasteiger partial charge in [0.15, 0.2) is 18.1 Å². The summed E-state index contributed by atoms with van der Waals surface area (Å²) in [5, 5.41) is 4.29. The molecule has 0 unspecified atom stereocenters. The van der Waals surface area contributed by atoms with Crippen LogP contribution in [0.15, 0.2) is 29.4 Å². The van der Waals surface area contributed by atoms with Crippen LogP contribution in [0.25, 0.3) is 0 Å². The van der Waals surface area contributed by atoms with Crippen LogP contribution in [0.3, 0.4) is 0 Å². The molecule has 0 aromatic heterocycles. The molecule has 0 bridgehead atoms. The van der Waals surface area contributed by atoms with Gasteiger partial charge in [-0.2, -0.15) is 5.10 Å². The first-order chi connectivity index (χ1) is 10.9. The molecular weight excluding hydrogens is 292 g/mol. The molecule has 1 amide bonds. The van der Waals surface area contributed by atoms with Crippen molar-refractivity contribution < 1.29 is 14.3 Å². The van der Waals surface area contributed by atoms with Crippen molar-refractivity contribution in [2.75, 3.05) is 13.7 Å². The van der Waals surface area contributed by atoms with Gasteiger partial charge < -0.3 is 9.47 Å². The van der Waals surface area contributed by atoms with Gasteiger partial charge in [-0.25, -0.2) is 5.43 Å². The molecular formula is C18H26N2O3. The summed E-state index contributed by atoms with van der Waals surface area (Å²) < 4.78 is 10.7. The van der Waals surface area contributed by atoms with E-state index in [1.54, 1.807) is 19.2 Å². The Hall–Kier alpha value is -2.04. The normalized spacial score (nSPS) is 21.7. The van der Waals surface area contributed by atoms with Crippen LogP contribution in [-0.4, -0.2) is 25.3 Å². The number of rotatable bonds is 5. The zero-order valence-electron chi connectivity index (χ0n) is 14.4. The van der Waals surface area contributed by atoms with Crippen molar-refractivity contribution in [3.8, 4) is 11.5 Å². The second kappa shape index (κ2) is 7.49. The van der Waals surface area contributed by atoms with Crippen molar-refractivity contribution >= 4 is 11.6 Å². The summed E-state index contributed by atoms with van der Waals surface area (Å²) in [4.78, 5) is 11.9. The highest BCUT2D eigenvalue weighted by atomic mass is 16.5. The average Bonchev–Trinajstić information content (AvgIpc) is 2.49. The summed E-state index contributed by atoms with van der Waals surface area (Å²) in [5.74, 6) is 1.48. The summed E-state index contributed by atoms with van der Waals surface area (Å²) in [6, 6.07) is 7.24. The summed E-state index contributed by atoms with van der Waals surface area (Å²) >= 11 is 0. The number of benzene rings is 1. The third kappa shape index (κ3) is 5.27. The lowest BCUT2D eigenvalue weighted by molar-refractivity contribution is -0.123. The minimum atomic E-state index is -0.264. The van der Waals surface area contributed by atoms with E-state index in [-0.39, 0.29) is 17.9 Å². The van der Waals surface area contributed by atoms with E-state index in [2.05, 4.69) is 31.3 Å². The fourth-order valence-electron chi connectivity index (χ4n) is 3.25. The lowest BCUT2D eigenvalue weighted by atomic mass is 9.72. The van der Waals surface area contributed by atoms with Gasteiger partial charge in [-0.1, -0.05) is 32.9 Å². The highest BCUT2D eigenvalue weighted by Crippen LogP contribution is 2.36. The van der Waals surface area contributed by atoms with Crippen LogP contribution >= 0.6 is 0 Å². The van der Waals surface area contributed by atoms with Crippen LogP contribution in [-0.2, 0) is 4.79 Å². The number of ether oxygens (including phenoxy) is 2. The first kappa shape index (κ1) is 17.3. The topological polar surface area (TPSA) is 59.9 Å². The Balaban J connectivity index is 1.86. The number of amides is 1. The van der Waals surface area contributed by atoms with Gasteiger partial charge >= 0.3 is 0 Å². The maximum atomic E-state index is 11.9. The number of para-hydroxylation sites is 2. The first-order valence-electron chi connectivity index (χ1n) is 8.00. The number of carbonyl (C=O) groups excluding carboxylic acids is 1. The number of hydrazone groups is 1. The van der Waals surface area contributed by atoms with Crippen molar-refractivity contribution in [1.82, 2.24) is 5.43 Å². The molecule has 0 radical (unpaired) electrons. The quantitative estimate of drug-likeness (QED) is 0.847. The summed E-state index contributed by atoms with van der Waals surface area (Å²) in [6.07, 6.45) is 3.05. The number of nitrogens with one attached hydrogen (secondary N) is 1. The van der Waals surface area contributed by atoms with E-state index in [4.69, 9.17) is 9.47 Å². The van der Waals surface area contributed by atoms with Crippen LogP contribution in [0.1, 0.15) is 40.0 Å². The molecule has 0 aliphatic heterocycles. The van der Waals surface area contributed by atoms with Crippen molar-refractivity contribution in [2.45, 2.75) is 40.0 Å². The SMILES string of the molecule is COc1ccccc1OCC(=O)N/N=C1/C[C@H](C)CC(C)(C)C1. The molecule has 0 spiro atoms. The number of hydrogen-bond donors (Lipinski definition) is 1. The molecule has 23 heavy (non-hydrogen) atoms. The van der Waals surface area contributed by atoms with Crippen LogP contribution < -0.4 is 14.9 Å². The Labute approximate surface area is 138 Å². The van der Waals surface area contributed by atoms with Crippen molar-refractivity contribution in [3.05, 3.63) is 24.3 Å². The maximum absolute atomic E-state index is 11.9. The second-order valence-corrected chi connectivity index (χ2v) is 7.01. The van der Waals surface area contributed by atoms with Gasteiger partial charge in [0.1, 0.15) is 0 Å². The smallest absolute Gasteiger partial charge is 0.277 e. The van der Waals surface area contributed by atoms with E-state index >= 15 is 0 Å². The molecule has 1 saturated carbocycles. The molecule has 2 rings (SSSR count). The van der Waals surface area contributed by atoms with E-state index in [0.717, 1.165) is 18.6 Å². The van der Waals surface area contributed by atoms with E-state index in [1.807, 2.05) is 12.1 Å². The lowest BCUT2D eigenvalue weighted by Gasteiger charge is -2.34. The van der Waals surface area contributed by atoms with Gasteiger partial charge in [0, 0.05) is 5.71 Å². The Kier molecular flexibility index (Phi) is 5.64. The standard InChI is InChI=1S/C18H26N2O3/c1-13-9-14(11-18(2,3)10-13)19-20-17(21)12-23-16-8-6-5-7-15(16)22-4/h5-8,13H,9-12H2,1-4H3,(H,20,21)/b19-14-/t13-/m0/s1. The average molecular weight is 318 g/mol. The van der Waals surface area contributed by atoms with Crippen molar-refractivity contribution in [1.29, 1.82) is 0 Å². The highest BCUT2D eigenvalue weighted by molar-refractivity contribution is 5.87. The number of nitrogens with zero attached hydrogens (tertiary/aromatic N) is 1. The zero-order chi connectivity index (χ0) is 16.9. The zero-order valence-corrected chi connectivity index (χ0v) is 14.4. The molecule has 126 valence electrons. The highest BCUT2D eigenvalue weighted by Gasteiger charge is 2.29. The molecule has 0 saturated heterocycles. The maximum Gasteiger partial charge on any atom is 0.277 e. The first-order valence-corrected chi connectivity index (χ1v) is 8.00. The number of methoxy groups -OCH3 is 1. The van der Waals surface area contributed by atoms with Gasteiger partial charge in [0.25, 0.3) is 5.91 Å². The summed E-state index contributed by atoms with van der Waals surface area (Å²) in [5.41, 5.74) is 3.90. The minimum Gasteiger partial charge on any atom is -0.493 e. The third-order valence-electron chi connectivity index (χ3n) is 3.93. The molecule has 1 aromatic carbocycles. The molecule has 1 atom stereocenters. The predicted octanol–water partition coefficient (Wildman–Crippen LogP) is 3.39. The molecule has 1 aromatic rings. The van der Waals surface area contributed by atoms with Gasteiger partial charge in [-0.15, -0.1) is 0 Å². The van der Waals surface area contributed by atoms with E-state index in [9.17, 15) is 4.79 Å². The van der Waals surface area contributed by atoms with Gasteiger partial charge in [0.05, 0.1) is 7.11 Å². The third-order valence-corrected chi connectivity index (χ3v) is 3.93. The number of carbonyl (C=O) groups is 1. The van der Waals surface area contributed by atoms with Gasteiger partial charge in [0.2, 0.25) is 0 Å². The van der Waals surface area contributed by atoms with E-state index < -0.39 is 0 Å². The molecule has 5 nitrogen and oxygen atoms in total. The van der Waals surface area contributed by atoms with Crippen LogP contribution in [0.2, 0.25) is 0 Å². The van der Waals surface area contributed by atoms with E-state index in [1.165, 1.54) is 6.42 Å². The lowest BCUT2D eigenvalue weighted by Crippen LogP contribution is -2.31. The van der Waals surface area contributed by atoms with Gasteiger partial charge in [-0.3, -0.25) is 4.79 Å². The Morgan fingerprint density at radius 2 is 2.04 bits per heavy atom. The van der Waals surface area contributed by atoms with Crippen molar-refractivity contribution in [2.24, 2.45) is 16.4 Å². The monoisotopic (exact) mass is 318 g/mol. The van der Waals surface area contributed by atoms with E-state index in [0.29, 0.717) is 17.4 Å². The van der Waals surface area contributed by atoms with Crippen LogP contribution in [0.4, 0.5) is 0 Å². The Bertz CT molecular complexity index is 581. The fourth-order valence-corrected chi connectivity index (χ4v) is 3.25. The van der Waals surface area contributed by atoms with Gasteiger partial charge in [-0.05, 0) is 42.7 Å². The fraction of sp³-hybridized carbons (Fsp3) is 0.556.